The van der Waals surface area contributed by atoms with Crippen LogP contribution in [0, 0.1) is 0 Å². The zero-order chi connectivity index (χ0) is 36.4. The van der Waals surface area contributed by atoms with Crippen LogP contribution in [0.1, 0.15) is 108 Å². The van der Waals surface area contributed by atoms with E-state index >= 15 is 0 Å². The number of hydrogen-bond donors (Lipinski definition) is 2. The molecule has 0 spiro atoms. The lowest BCUT2D eigenvalue weighted by Gasteiger charge is -2.42. The Morgan fingerprint density at radius 1 is 1.00 bits per heavy atom. The topological polar surface area (TPSA) is 125 Å². The van der Waals surface area contributed by atoms with Gasteiger partial charge in [0.15, 0.2) is 0 Å². The van der Waals surface area contributed by atoms with Crippen LogP contribution in [0.4, 0.5) is 4.79 Å². The summed E-state index contributed by atoms with van der Waals surface area (Å²) in [6.45, 7) is 27.1. The van der Waals surface area contributed by atoms with Crippen molar-refractivity contribution in [3.63, 3.8) is 0 Å². The second kappa shape index (κ2) is 15.1. The molecule has 2 atom stereocenters. The van der Waals surface area contributed by atoms with Crippen molar-refractivity contribution in [1.82, 2.24) is 15.8 Å². The maximum Gasteiger partial charge on any atom is 0.494 e. The maximum atomic E-state index is 14.1. The highest BCUT2D eigenvalue weighted by atomic mass is 28.4. The Hall–Kier alpha value is -2.61. The highest BCUT2D eigenvalue weighted by molar-refractivity contribution is 6.78. The summed E-state index contributed by atoms with van der Waals surface area (Å²) < 4.78 is 30.6. The first-order valence-corrected chi connectivity index (χ1v) is 19.5. The third-order valence-corrected chi connectivity index (χ3v) is 15.9. The summed E-state index contributed by atoms with van der Waals surface area (Å²) >= 11 is 0. The van der Waals surface area contributed by atoms with Crippen molar-refractivity contribution >= 4 is 38.9 Å². The van der Waals surface area contributed by atoms with E-state index in [0.29, 0.717) is 41.8 Å². The van der Waals surface area contributed by atoms with Crippen molar-refractivity contribution < 1.29 is 37.6 Å². The molecule has 2 amide bonds. The number of hydrazine groups is 1. The van der Waals surface area contributed by atoms with Gasteiger partial charge in [0, 0.05) is 13.0 Å². The molecule has 0 radical (unpaired) electrons. The molecule has 0 aliphatic carbocycles. The first-order valence-electron chi connectivity index (χ1n) is 17.4. The SMILES string of the molecule is COC(=O)[C@@H]1CCCN(C(=O)[C@H](Cc2cc(O[Si](C(C)C)(C(C)C)C(C)C)cc(B3OC(C)(C)C(C)(C)O3)c2)NC(=O)OC(C)(C)C)N1. The van der Waals surface area contributed by atoms with Gasteiger partial charge in [0.1, 0.15) is 23.4 Å². The number of carbonyl (C=O) groups is 3. The smallest absolute Gasteiger partial charge is 0.494 e. The molecule has 270 valence electrons. The number of ether oxygens (including phenoxy) is 2. The molecule has 2 aliphatic heterocycles. The zero-order valence-corrected chi connectivity index (χ0v) is 32.7. The largest absolute Gasteiger partial charge is 0.543 e. The quantitative estimate of drug-likeness (QED) is 0.224. The summed E-state index contributed by atoms with van der Waals surface area (Å²) in [6, 6.07) is 4.22. The Balaban J connectivity index is 2.10. The van der Waals surface area contributed by atoms with Crippen molar-refractivity contribution in [2.24, 2.45) is 0 Å². The fraction of sp³-hybridized carbons (Fsp3) is 0.743. The summed E-state index contributed by atoms with van der Waals surface area (Å²) in [4.78, 5) is 39.6. The molecule has 2 heterocycles. The fourth-order valence-corrected chi connectivity index (χ4v) is 12.1. The highest BCUT2D eigenvalue weighted by Crippen LogP contribution is 2.43. The number of hydrogen-bond acceptors (Lipinski definition) is 9. The number of esters is 1. The summed E-state index contributed by atoms with van der Waals surface area (Å²) in [5, 5.41) is 4.21. The fourth-order valence-electron chi connectivity index (χ4n) is 6.87. The summed E-state index contributed by atoms with van der Waals surface area (Å²) in [5.41, 5.74) is 3.63. The van der Waals surface area contributed by atoms with E-state index in [1.807, 2.05) is 45.9 Å². The van der Waals surface area contributed by atoms with Crippen LogP contribution in [-0.2, 0) is 34.8 Å². The van der Waals surface area contributed by atoms with E-state index in [0.717, 1.165) is 11.0 Å². The van der Waals surface area contributed by atoms with Gasteiger partial charge in [0.25, 0.3) is 14.2 Å². The number of amides is 2. The standard InChI is InChI=1S/C35H60BN3O8Si/c1-22(2)48(23(3)4,24(5)6)45-27-19-25(18-26(21-27)36-46-34(10,11)35(12,13)47-36)20-29(37-32(42)44-33(7,8)9)30(40)39-17-15-16-28(38-39)31(41)43-14/h18-19,21-24,28-29,38H,15-17,20H2,1-14H3,(H,37,42)/t28-,29-/m0/s1. The normalized spacial score (nSPS) is 20.2. The van der Waals surface area contributed by atoms with Gasteiger partial charge in [0.2, 0.25) is 0 Å². The highest BCUT2D eigenvalue weighted by Gasteiger charge is 2.52. The minimum Gasteiger partial charge on any atom is -0.543 e. The Labute approximate surface area is 289 Å². The predicted molar refractivity (Wildman–Crippen MR) is 191 cm³/mol. The van der Waals surface area contributed by atoms with Gasteiger partial charge in [-0.3, -0.25) is 14.6 Å². The number of rotatable bonds is 11. The van der Waals surface area contributed by atoms with E-state index in [-0.39, 0.29) is 6.42 Å². The Morgan fingerprint density at radius 2 is 1.56 bits per heavy atom. The Morgan fingerprint density at radius 3 is 2.06 bits per heavy atom. The molecule has 1 aromatic rings. The van der Waals surface area contributed by atoms with Crippen LogP contribution in [0.25, 0.3) is 0 Å². The molecule has 2 aliphatic rings. The molecular weight excluding hydrogens is 629 g/mol. The van der Waals surface area contributed by atoms with Gasteiger partial charge in [-0.2, -0.15) is 0 Å². The lowest BCUT2D eigenvalue weighted by molar-refractivity contribution is -0.150. The van der Waals surface area contributed by atoms with Crippen LogP contribution < -0.4 is 20.6 Å². The number of alkyl carbamates (subject to hydrolysis) is 1. The number of methoxy groups -OCH3 is 1. The third-order valence-electron chi connectivity index (χ3n) is 9.88. The van der Waals surface area contributed by atoms with Gasteiger partial charge in [-0.15, -0.1) is 0 Å². The van der Waals surface area contributed by atoms with Crippen molar-refractivity contribution in [1.29, 1.82) is 0 Å². The molecular formula is C35H60BN3O8Si. The second-order valence-electron chi connectivity index (χ2n) is 16.2. The van der Waals surface area contributed by atoms with Gasteiger partial charge >= 0.3 is 19.2 Å². The Kier molecular flexibility index (Phi) is 12.5. The molecule has 1 aromatic carbocycles. The van der Waals surface area contributed by atoms with Crippen LogP contribution in [0.3, 0.4) is 0 Å². The van der Waals surface area contributed by atoms with Gasteiger partial charge in [0.05, 0.1) is 18.3 Å². The van der Waals surface area contributed by atoms with E-state index < -0.39 is 62.3 Å². The average molecular weight is 690 g/mol. The van der Waals surface area contributed by atoms with Crippen molar-refractivity contribution in [3.05, 3.63) is 23.8 Å². The number of nitrogens with zero attached hydrogens (tertiary/aromatic N) is 1. The zero-order valence-electron chi connectivity index (χ0n) is 31.7. The van der Waals surface area contributed by atoms with Crippen LogP contribution in [0.5, 0.6) is 5.75 Å². The van der Waals surface area contributed by atoms with Crippen LogP contribution in [-0.4, -0.2) is 81.0 Å². The minimum atomic E-state index is -2.37. The molecule has 0 bridgehead atoms. The monoisotopic (exact) mass is 689 g/mol. The van der Waals surface area contributed by atoms with Crippen LogP contribution in [0.15, 0.2) is 18.2 Å². The first kappa shape index (κ1) is 39.8. The van der Waals surface area contributed by atoms with E-state index in [1.54, 1.807) is 20.8 Å². The predicted octanol–water partition coefficient (Wildman–Crippen LogP) is 5.64. The number of nitrogens with one attached hydrogen (secondary N) is 2. The van der Waals surface area contributed by atoms with Crippen molar-refractivity contribution in [3.8, 4) is 5.75 Å². The molecule has 0 unspecified atom stereocenters. The summed E-state index contributed by atoms with van der Waals surface area (Å²) in [7, 11) is -1.72. The van der Waals surface area contributed by atoms with E-state index in [1.165, 1.54) is 12.1 Å². The molecule has 3 rings (SSSR count). The van der Waals surface area contributed by atoms with E-state index in [9.17, 15) is 14.4 Å². The minimum absolute atomic E-state index is 0.127. The first-order chi connectivity index (χ1) is 22.0. The maximum absolute atomic E-state index is 14.1. The van der Waals surface area contributed by atoms with Crippen LogP contribution >= 0.6 is 0 Å². The van der Waals surface area contributed by atoms with Gasteiger partial charge in [-0.25, -0.2) is 10.2 Å². The number of carbonyl (C=O) groups excluding carboxylic acids is 3. The molecule has 0 saturated carbocycles. The number of benzene rings is 1. The van der Waals surface area contributed by atoms with Gasteiger partial charge in [-0.1, -0.05) is 47.6 Å². The van der Waals surface area contributed by atoms with Crippen molar-refractivity contribution in [2.75, 3.05) is 13.7 Å². The molecule has 2 fully saturated rings. The molecule has 2 saturated heterocycles. The molecule has 11 nitrogen and oxygen atoms in total. The van der Waals surface area contributed by atoms with Gasteiger partial charge < -0.3 is 28.5 Å². The molecule has 48 heavy (non-hydrogen) atoms. The molecule has 2 N–H and O–H groups in total. The molecule has 0 aromatic heterocycles. The van der Waals surface area contributed by atoms with Gasteiger partial charge in [-0.05, 0) is 101 Å². The molecule has 13 heteroatoms. The van der Waals surface area contributed by atoms with E-state index in [2.05, 4.69) is 52.3 Å². The second-order valence-corrected chi connectivity index (χ2v) is 21.5. The third kappa shape index (κ3) is 9.13. The Bertz CT molecular complexity index is 1280. The van der Waals surface area contributed by atoms with Crippen molar-refractivity contribution in [2.45, 2.75) is 155 Å². The lowest BCUT2D eigenvalue weighted by atomic mass is 9.78. The summed E-state index contributed by atoms with van der Waals surface area (Å²) in [5.74, 6) is -0.160. The summed E-state index contributed by atoms with van der Waals surface area (Å²) in [6.07, 6.45) is 0.540. The lowest BCUT2D eigenvalue weighted by Crippen LogP contribution is -2.60. The van der Waals surface area contributed by atoms with Crippen LogP contribution in [0.2, 0.25) is 16.6 Å². The van der Waals surface area contributed by atoms with E-state index in [4.69, 9.17) is 23.2 Å². The average Bonchev–Trinajstić information content (AvgIpc) is 3.19.